The molecule has 0 aromatic heterocycles. The normalized spacial score (nSPS) is 14.7. The van der Waals surface area contributed by atoms with Crippen LogP contribution in [0.5, 0.6) is 0 Å². The number of carbonyl (C=O) groups is 2. The van der Waals surface area contributed by atoms with Crippen LogP contribution in [0.2, 0.25) is 0 Å². The molecule has 10 heteroatoms. The fourth-order valence-electron chi connectivity index (χ4n) is 1.76. The first-order chi connectivity index (χ1) is 9.50. The molecule has 1 aromatic carbocycles. The molecule has 0 unspecified atom stereocenters. The van der Waals surface area contributed by atoms with Crippen molar-refractivity contribution in [1.82, 2.24) is 0 Å². The van der Waals surface area contributed by atoms with Crippen LogP contribution in [0.4, 0.5) is 30.7 Å². The van der Waals surface area contributed by atoms with Crippen LogP contribution in [0.15, 0.2) is 5.57 Å². The van der Waals surface area contributed by atoms with Gasteiger partial charge < -0.3 is 5.11 Å². The molecule has 2 rings (SSSR count). The third kappa shape index (κ3) is 1.89. The molecule has 0 saturated carbocycles. The molecule has 0 N–H and O–H groups in total. The van der Waals surface area contributed by atoms with Gasteiger partial charge in [-0.05, 0) is 0 Å². The van der Waals surface area contributed by atoms with Gasteiger partial charge in [0.2, 0.25) is 0 Å². The van der Waals surface area contributed by atoms with Crippen molar-refractivity contribution in [3.8, 4) is 0 Å². The van der Waals surface area contributed by atoms with Crippen molar-refractivity contribution >= 4 is 17.3 Å². The van der Waals surface area contributed by atoms with Crippen LogP contribution in [0.3, 0.4) is 0 Å². The van der Waals surface area contributed by atoms with Crippen LogP contribution >= 0.6 is 0 Å². The van der Waals surface area contributed by atoms with E-state index < -0.39 is 63.5 Å². The Balaban J connectivity index is 2.81. The Morgan fingerprint density at radius 2 is 1.29 bits per heavy atom. The molecule has 0 bridgehead atoms. The maximum absolute atomic E-state index is 13.3. The van der Waals surface area contributed by atoms with Gasteiger partial charge >= 0.3 is 6.18 Å². The van der Waals surface area contributed by atoms with Gasteiger partial charge in [-0.25, -0.2) is 17.6 Å². The molecule has 21 heavy (non-hydrogen) atoms. The molecule has 0 fully saturated rings. The van der Waals surface area contributed by atoms with Crippen molar-refractivity contribution in [3.63, 3.8) is 0 Å². The van der Waals surface area contributed by atoms with E-state index in [0.717, 1.165) is 0 Å². The molecule has 0 spiro atoms. The molecule has 0 radical (unpaired) electrons. The summed E-state index contributed by atoms with van der Waals surface area (Å²) >= 11 is 0. The smallest absolute Gasteiger partial charge is 0.454 e. The number of hydrogen-bond acceptors (Lipinski definition) is 3. The second-order valence-corrected chi connectivity index (χ2v) is 3.87. The molecule has 0 aliphatic heterocycles. The summed E-state index contributed by atoms with van der Waals surface area (Å²) < 4.78 is 89.2. The molecule has 3 nitrogen and oxygen atoms in total. The summed E-state index contributed by atoms with van der Waals surface area (Å²) in [5.74, 6) is -16.9. The monoisotopic (exact) mass is 313 g/mol. The quantitative estimate of drug-likeness (QED) is 0.343. The van der Waals surface area contributed by atoms with Crippen LogP contribution < -0.4 is 5.11 Å². The highest BCUT2D eigenvalue weighted by Crippen LogP contribution is 2.38. The molecule has 0 saturated heterocycles. The van der Waals surface area contributed by atoms with E-state index in [1.54, 1.807) is 0 Å². The number of rotatable bonds is 1. The van der Waals surface area contributed by atoms with E-state index in [2.05, 4.69) is 0 Å². The molecule has 0 atom stereocenters. The highest BCUT2D eigenvalue weighted by Gasteiger charge is 2.47. The lowest BCUT2D eigenvalue weighted by atomic mass is 10.0. The number of ketones is 2. The third-order valence-electron chi connectivity index (χ3n) is 2.66. The van der Waals surface area contributed by atoms with Gasteiger partial charge in [0.05, 0.1) is 11.1 Å². The summed E-state index contributed by atoms with van der Waals surface area (Å²) in [4.78, 5) is 22.4. The number of benzene rings is 1. The lowest BCUT2D eigenvalue weighted by Gasteiger charge is -2.13. The number of carbonyl (C=O) groups excluding carboxylic acids is 2. The number of halogens is 7. The first-order valence-electron chi connectivity index (χ1n) is 4.94. The fourth-order valence-corrected chi connectivity index (χ4v) is 1.76. The van der Waals surface area contributed by atoms with Crippen molar-refractivity contribution in [2.75, 3.05) is 0 Å². The van der Waals surface area contributed by atoms with Crippen molar-refractivity contribution < 1.29 is 45.4 Å². The zero-order chi connectivity index (χ0) is 16.3. The Bertz CT molecular complexity index is 731. The molecule has 0 heterocycles. The summed E-state index contributed by atoms with van der Waals surface area (Å²) in [6, 6.07) is 0. The number of allylic oxidation sites excluding steroid dienone is 1. The summed E-state index contributed by atoms with van der Waals surface area (Å²) in [7, 11) is 0. The van der Waals surface area contributed by atoms with Gasteiger partial charge in [0.1, 0.15) is 0 Å². The Hall–Kier alpha value is -2.39. The van der Waals surface area contributed by atoms with Crippen LogP contribution in [-0.4, -0.2) is 17.7 Å². The first kappa shape index (κ1) is 15.0. The highest BCUT2D eigenvalue weighted by atomic mass is 19.4. The van der Waals surface area contributed by atoms with Crippen molar-refractivity contribution in [3.05, 3.63) is 40.0 Å². The zero-order valence-corrected chi connectivity index (χ0v) is 9.37. The Labute approximate surface area is 110 Å². The minimum absolute atomic E-state index is 1.73. The van der Waals surface area contributed by atoms with Gasteiger partial charge in [-0.3, -0.25) is 9.59 Å². The molecular formula is C11F7O3-. The largest absolute Gasteiger partial charge is 0.871 e. The fraction of sp³-hybridized carbons (Fsp3) is 0.0909. The number of Topliss-reactive ketones (excluding diaryl/α,β-unsaturated/α-hetero) is 2. The standard InChI is InChI=1S/C11HF7O3/c12-4-1-2(5(13)7(15)6(4)14)9(20)3(8(1)19)10(21)11(16,17)18/h19H/p-1. The predicted octanol–water partition coefficient (Wildman–Crippen LogP) is 1.64. The topological polar surface area (TPSA) is 57.2 Å². The van der Waals surface area contributed by atoms with Crippen LogP contribution in [0.1, 0.15) is 15.9 Å². The van der Waals surface area contributed by atoms with E-state index in [-0.39, 0.29) is 0 Å². The van der Waals surface area contributed by atoms with Crippen LogP contribution in [-0.2, 0) is 4.79 Å². The van der Waals surface area contributed by atoms with Crippen LogP contribution in [0.25, 0.3) is 5.76 Å². The minimum Gasteiger partial charge on any atom is -0.871 e. The third-order valence-corrected chi connectivity index (χ3v) is 2.66. The highest BCUT2D eigenvalue weighted by molar-refractivity contribution is 6.35. The first-order valence-corrected chi connectivity index (χ1v) is 4.94. The summed E-state index contributed by atoms with van der Waals surface area (Å²) in [6.45, 7) is 0. The molecule has 1 aromatic rings. The maximum Gasteiger partial charge on any atom is 0.454 e. The zero-order valence-electron chi connectivity index (χ0n) is 9.37. The Morgan fingerprint density at radius 1 is 0.857 bits per heavy atom. The summed E-state index contributed by atoms with van der Waals surface area (Å²) in [5.41, 5.74) is -5.58. The van der Waals surface area contributed by atoms with Gasteiger partial charge in [0, 0.05) is 5.56 Å². The average molecular weight is 313 g/mol. The molecule has 1 aliphatic carbocycles. The maximum atomic E-state index is 13.3. The lowest BCUT2D eigenvalue weighted by molar-refractivity contribution is -0.245. The van der Waals surface area contributed by atoms with Crippen molar-refractivity contribution in [2.24, 2.45) is 0 Å². The van der Waals surface area contributed by atoms with E-state index in [4.69, 9.17) is 0 Å². The van der Waals surface area contributed by atoms with Crippen LogP contribution in [0, 0.1) is 23.3 Å². The van der Waals surface area contributed by atoms with Crippen molar-refractivity contribution in [2.45, 2.75) is 6.18 Å². The molecular weight excluding hydrogens is 313 g/mol. The number of alkyl halides is 3. The van der Waals surface area contributed by atoms with Gasteiger partial charge in [-0.1, -0.05) is 5.76 Å². The second-order valence-electron chi connectivity index (χ2n) is 3.87. The number of hydrogen-bond donors (Lipinski definition) is 0. The van der Waals surface area contributed by atoms with Gasteiger partial charge in [0.15, 0.2) is 29.1 Å². The lowest BCUT2D eigenvalue weighted by Crippen LogP contribution is -2.28. The Kier molecular flexibility index (Phi) is 3.07. The average Bonchev–Trinajstić information content (AvgIpc) is 2.63. The molecule has 112 valence electrons. The van der Waals surface area contributed by atoms with Crippen molar-refractivity contribution in [1.29, 1.82) is 0 Å². The van der Waals surface area contributed by atoms with E-state index in [1.807, 2.05) is 0 Å². The summed E-state index contributed by atoms with van der Waals surface area (Å²) in [5, 5.41) is 11.5. The molecule has 1 aliphatic rings. The molecule has 0 amide bonds. The minimum atomic E-state index is -5.67. The predicted molar refractivity (Wildman–Crippen MR) is 48.6 cm³/mol. The van der Waals surface area contributed by atoms with E-state index in [9.17, 15) is 45.4 Å². The van der Waals surface area contributed by atoms with Gasteiger partial charge in [-0.2, -0.15) is 13.2 Å². The van der Waals surface area contributed by atoms with E-state index >= 15 is 0 Å². The van der Waals surface area contributed by atoms with E-state index in [1.165, 1.54) is 0 Å². The SMILES string of the molecule is O=C1C(C(=O)C(F)(F)F)=C([O-])c2c(F)c(F)c(F)c(F)c21. The van der Waals surface area contributed by atoms with Gasteiger partial charge in [-0.15, -0.1) is 0 Å². The Morgan fingerprint density at radius 3 is 1.71 bits per heavy atom. The second kappa shape index (κ2) is 4.30. The van der Waals surface area contributed by atoms with E-state index in [0.29, 0.717) is 0 Å². The van der Waals surface area contributed by atoms with Gasteiger partial charge in [0.25, 0.3) is 5.78 Å². The summed E-state index contributed by atoms with van der Waals surface area (Å²) in [6.07, 6.45) is -5.67. The number of fused-ring (bicyclic) bond motifs is 1.